The summed E-state index contributed by atoms with van der Waals surface area (Å²) in [6, 6.07) is 3.41. The molecule has 2 rings (SSSR count). The van der Waals surface area contributed by atoms with Crippen molar-refractivity contribution in [3.8, 4) is 0 Å². The van der Waals surface area contributed by atoms with E-state index in [2.05, 4.69) is 4.98 Å². The van der Waals surface area contributed by atoms with E-state index in [1.807, 2.05) is 0 Å². The van der Waals surface area contributed by atoms with Gasteiger partial charge in [-0.1, -0.05) is 6.42 Å². The first kappa shape index (κ1) is 9.34. The van der Waals surface area contributed by atoms with Crippen molar-refractivity contribution < 1.29 is 9.90 Å². The van der Waals surface area contributed by atoms with Gasteiger partial charge in [-0.15, -0.1) is 0 Å². The number of pyridine rings is 1. The third-order valence-electron chi connectivity index (χ3n) is 3.04. The van der Waals surface area contributed by atoms with Crippen LogP contribution in [-0.4, -0.2) is 22.5 Å². The zero-order chi connectivity index (χ0) is 10.0. The molecule has 0 spiro atoms. The third kappa shape index (κ3) is 1.34. The van der Waals surface area contributed by atoms with Crippen LogP contribution in [0.5, 0.6) is 0 Å². The van der Waals surface area contributed by atoms with E-state index in [0.29, 0.717) is 5.56 Å². The Labute approximate surface area is 82.8 Å². The molecule has 1 aromatic rings. The zero-order valence-electron chi connectivity index (χ0n) is 7.94. The number of hydrogen-bond donors (Lipinski definition) is 1. The molecule has 0 radical (unpaired) electrons. The van der Waals surface area contributed by atoms with Gasteiger partial charge in [0.1, 0.15) is 0 Å². The normalized spacial score (nSPS) is 18.6. The Morgan fingerprint density at radius 2 is 2.07 bits per heavy atom. The Hall–Kier alpha value is -1.22. The molecular formula is C11H13NO2. The van der Waals surface area contributed by atoms with Crippen molar-refractivity contribution >= 4 is 5.78 Å². The number of aliphatic hydroxyl groups is 1. The molecule has 1 aromatic heterocycles. The Bertz CT molecular complexity index is 325. The summed E-state index contributed by atoms with van der Waals surface area (Å²) in [6.07, 6.45) is 5.88. The predicted molar refractivity (Wildman–Crippen MR) is 51.9 cm³/mol. The number of ketones is 1. The van der Waals surface area contributed by atoms with Crippen LogP contribution in [0, 0.1) is 5.41 Å². The molecule has 1 fully saturated rings. The molecule has 0 unspecified atom stereocenters. The van der Waals surface area contributed by atoms with E-state index < -0.39 is 5.41 Å². The number of rotatable bonds is 3. The van der Waals surface area contributed by atoms with Gasteiger partial charge in [-0.25, -0.2) is 0 Å². The maximum Gasteiger partial charge on any atom is 0.171 e. The minimum Gasteiger partial charge on any atom is -0.395 e. The van der Waals surface area contributed by atoms with Crippen LogP contribution in [0.2, 0.25) is 0 Å². The second-order valence-corrected chi connectivity index (χ2v) is 3.86. The first-order chi connectivity index (χ1) is 6.78. The lowest BCUT2D eigenvalue weighted by molar-refractivity contribution is 0.0348. The van der Waals surface area contributed by atoms with Gasteiger partial charge in [-0.3, -0.25) is 9.78 Å². The number of aliphatic hydroxyl groups excluding tert-OH is 1. The van der Waals surface area contributed by atoms with Crippen molar-refractivity contribution in [2.45, 2.75) is 19.3 Å². The summed E-state index contributed by atoms with van der Waals surface area (Å²) in [5, 5.41) is 9.23. The molecular weight excluding hydrogens is 178 g/mol. The summed E-state index contributed by atoms with van der Waals surface area (Å²) in [5.74, 6) is 0.0636. The van der Waals surface area contributed by atoms with Crippen molar-refractivity contribution in [2.75, 3.05) is 6.61 Å². The van der Waals surface area contributed by atoms with Crippen molar-refractivity contribution in [1.82, 2.24) is 4.98 Å². The molecule has 1 N–H and O–H groups in total. The fourth-order valence-corrected chi connectivity index (χ4v) is 1.87. The van der Waals surface area contributed by atoms with Gasteiger partial charge in [0, 0.05) is 18.0 Å². The molecule has 0 bridgehead atoms. The SMILES string of the molecule is O=C(c1ccncc1)C1(CO)CCC1. The van der Waals surface area contributed by atoms with Crippen LogP contribution in [0.15, 0.2) is 24.5 Å². The molecule has 0 atom stereocenters. The smallest absolute Gasteiger partial charge is 0.171 e. The maximum absolute atomic E-state index is 12.0. The minimum absolute atomic E-state index is 0.0336. The molecule has 1 heterocycles. The highest BCUT2D eigenvalue weighted by molar-refractivity contribution is 6.01. The van der Waals surface area contributed by atoms with Crippen LogP contribution >= 0.6 is 0 Å². The molecule has 1 aliphatic carbocycles. The maximum atomic E-state index is 12.0. The second kappa shape index (κ2) is 3.50. The van der Waals surface area contributed by atoms with Crippen molar-refractivity contribution in [3.63, 3.8) is 0 Å². The highest BCUT2D eigenvalue weighted by Crippen LogP contribution is 2.42. The topological polar surface area (TPSA) is 50.2 Å². The highest BCUT2D eigenvalue weighted by atomic mass is 16.3. The van der Waals surface area contributed by atoms with Crippen molar-refractivity contribution in [2.24, 2.45) is 5.41 Å². The largest absolute Gasteiger partial charge is 0.395 e. The number of Topliss-reactive ketones (excluding diaryl/α,β-unsaturated/α-hetero) is 1. The van der Waals surface area contributed by atoms with Crippen LogP contribution in [0.25, 0.3) is 0 Å². The van der Waals surface area contributed by atoms with Gasteiger partial charge in [0.2, 0.25) is 0 Å². The first-order valence-corrected chi connectivity index (χ1v) is 4.84. The summed E-state index contributed by atoms with van der Waals surface area (Å²) in [7, 11) is 0. The van der Waals surface area contributed by atoms with Gasteiger partial charge >= 0.3 is 0 Å². The molecule has 1 aliphatic rings. The molecule has 14 heavy (non-hydrogen) atoms. The summed E-state index contributed by atoms with van der Waals surface area (Å²) in [6.45, 7) is -0.0336. The van der Waals surface area contributed by atoms with E-state index in [0.717, 1.165) is 19.3 Å². The minimum atomic E-state index is -0.485. The van der Waals surface area contributed by atoms with Crippen LogP contribution in [0.1, 0.15) is 29.6 Å². The van der Waals surface area contributed by atoms with Crippen molar-refractivity contribution in [1.29, 1.82) is 0 Å². The molecule has 3 nitrogen and oxygen atoms in total. The predicted octanol–water partition coefficient (Wildman–Crippen LogP) is 1.43. The van der Waals surface area contributed by atoms with E-state index in [-0.39, 0.29) is 12.4 Å². The Balaban J connectivity index is 2.23. The van der Waals surface area contributed by atoms with E-state index in [9.17, 15) is 9.90 Å². The van der Waals surface area contributed by atoms with Crippen LogP contribution in [0.4, 0.5) is 0 Å². The Morgan fingerprint density at radius 3 is 2.50 bits per heavy atom. The molecule has 1 saturated carbocycles. The van der Waals surface area contributed by atoms with Gasteiger partial charge in [0.05, 0.1) is 12.0 Å². The Morgan fingerprint density at radius 1 is 1.43 bits per heavy atom. The monoisotopic (exact) mass is 191 g/mol. The van der Waals surface area contributed by atoms with Crippen LogP contribution in [-0.2, 0) is 0 Å². The lowest BCUT2D eigenvalue weighted by atomic mass is 9.65. The molecule has 0 aliphatic heterocycles. The molecule has 74 valence electrons. The molecule has 3 heteroatoms. The Kier molecular flexibility index (Phi) is 2.33. The third-order valence-corrected chi connectivity index (χ3v) is 3.04. The van der Waals surface area contributed by atoms with Crippen molar-refractivity contribution in [3.05, 3.63) is 30.1 Å². The lowest BCUT2D eigenvalue weighted by Crippen LogP contribution is -2.41. The second-order valence-electron chi connectivity index (χ2n) is 3.86. The quantitative estimate of drug-likeness (QED) is 0.735. The number of hydrogen-bond acceptors (Lipinski definition) is 3. The summed E-state index contributed by atoms with van der Waals surface area (Å²) >= 11 is 0. The van der Waals surface area contributed by atoms with Gasteiger partial charge in [0.15, 0.2) is 5.78 Å². The lowest BCUT2D eigenvalue weighted by Gasteiger charge is -2.38. The van der Waals surface area contributed by atoms with Gasteiger partial charge < -0.3 is 5.11 Å². The van der Waals surface area contributed by atoms with E-state index in [4.69, 9.17) is 0 Å². The number of nitrogens with zero attached hydrogens (tertiary/aromatic N) is 1. The summed E-state index contributed by atoms with van der Waals surface area (Å²) < 4.78 is 0. The van der Waals surface area contributed by atoms with E-state index in [1.54, 1.807) is 24.5 Å². The summed E-state index contributed by atoms with van der Waals surface area (Å²) in [5.41, 5.74) is 0.176. The van der Waals surface area contributed by atoms with Crippen LogP contribution in [0.3, 0.4) is 0 Å². The average Bonchev–Trinajstić information content (AvgIpc) is 2.18. The van der Waals surface area contributed by atoms with Crippen LogP contribution < -0.4 is 0 Å². The first-order valence-electron chi connectivity index (χ1n) is 4.84. The van der Waals surface area contributed by atoms with Gasteiger partial charge in [-0.2, -0.15) is 0 Å². The van der Waals surface area contributed by atoms with Gasteiger partial charge in [0.25, 0.3) is 0 Å². The molecule has 0 aromatic carbocycles. The fourth-order valence-electron chi connectivity index (χ4n) is 1.87. The number of carbonyl (C=O) groups is 1. The fraction of sp³-hybridized carbons (Fsp3) is 0.455. The standard InChI is InChI=1S/C11H13NO2/c13-8-11(4-1-5-11)10(14)9-2-6-12-7-3-9/h2-3,6-7,13H,1,4-5,8H2. The average molecular weight is 191 g/mol. The van der Waals surface area contributed by atoms with Gasteiger partial charge in [-0.05, 0) is 25.0 Å². The number of aromatic nitrogens is 1. The summed E-state index contributed by atoms with van der Waals surface area (Å²) in [4.78, 5) is 15.9. The molecule has 0 saturated heterocycles. The van der Waals surface area contributed by atoms with E-state index in [1.165, 1.54) is 0 Å². The molecule has 0 amide bonds. The zero-order valence-corrected chi connectivity index (χ0v) is 7.94. The highest BCUT2D eigenvalue weighted by Gasteiger charge is 2.43. The number of carbonyl (C=O) groups excluding carboxylic acids is 1. The van der Waals surface area contributed by atoms with E-state index >= 15 is 0 Å².